The van der Waals surface area contributed by atoms with E-state index in [-0.39, 0.29) is 12.7 Å². The van der Waals surface area contributed by atoms with Crippen molar-refractivity contribution in [1.29, 1.82) is 0 Å². The maximum absolute atomic E-state index is 11.7. The number of hydrogen-bond donors (Lipinski definition) is 1. The second kappa shape index (κ2) is 5.83. The highest BCUT2D eigenvalue weighted by molar-refractivity contribution is 7.12. The van der Waals surface area contributed by atoms with E-state index in [0.717, 1.165) is 5.75 Å². The van der Waals surface area contributed by atoms with Crippen LogP contribution in [0, 0.1) is 0 Å². The van der Waals surface area contributed by atoms with E-state index < -0.39 is 0 Å². The van der Waals surface area contributed by atoms with Crippen LogP contribution in [0.4, 0.5) is 0 Å². The number of carbonyl (C=O) groups is 1. The van der Waals surface area contributed by atoms with Gasteiger partial charge in [-0.1, -0.05) is 6.07 Å². The molecular formula is C14H13NO4S. The predicted molar refractivity (Wildman–Crippen MR) is 74.7 cm³/mol. The van der Waals surface area contributed by atoms with Gasteiger partial charge in [-0.2, -0.15) is 0 Å². The van der Waals surface area contributed by atoms with E-state index >= 15 is 0 Å². The average Bonchev–Trinajstić information content (AvgIpc) is 3.13. The molecule has 1 aliphatic heterocycles. The zero-order chi connectivity index (χ0) is 13.8. The number of rotatable bonds is 5. The lowest BCUT2D eigenvalue weighted by Gasteiger charge is -2.07. The highest BCUT2D eigenvalue weighted by Gasteiger charge is 2.13. The third-order valence-electron chi connectivity index (χ3n) is 2.75. The molecule has 1 aliphatic rings. The van der Waals surface area contributed by atoms with E-state index in [1.165, 1.54) is 11.3 Å². The van der Waals surface area contributed by atoms with Crippen LogP contribution in [-0.4, -0.2) is 25.9 Å². The van der Waals surface area contributed by atoms with Crippen molar-refractivity contribution in [3.05, 3.63) is 40.6 Å². The van der Waals surface area contributed by atoms with Crippen molar-refractivity contribution >= 4 is 17.2 Å². The molecule has 2 heterocycles. The normalized spacial score (nSPS) is 12.2. The Morgan fingerprint density at radius 3 is 3.05 bits per heavy atom. The van der Waals surface area contributed by atoms with E-state index in [0.29, 0.717) is 29.5 Å². The van der Waals surface area contributed by atoms with Gasteiger partial charge >= 0.3 is 0 Å². The number of hydrogen-bond acceptors (Lipinski definition) is 5. The van der Waals surface area contributed by atoms with E-state index in [1.54, 1.807) is 12.1 Å². The maximum Gasteiger partial charge on any atom is 0.261 e. The SMILES string of the molecule is O=C(NCCOc1ccc2c(c1)OCO2)c1cccs1. The molecule has 0 bridgehead atoms. The molecule has 0 radical (unpaired) electrons. The third kappa shape index (κ3) is 2.85. The van der Waals surface area contributed by atoms with Crippen LogP contribution < -0.4 is 19.5 Å². The molecule has 0 saturated carbocycles. The lowest BCUT2D eigenvalue weighted by molar-refractivity contribution is 0.0951. The maximum atomic E-state index is 11.7. The number of nitrogens with one attached hydrogen (secondary N) is 1. The second-order valence-electron chi connectivity index (χ2n) is 4.10. The summed E-state index contributed by atoms with van der Waals surface area (Å²) >= 11 is 1.42. The van der Waals surface area contributed by atoms with Gasteiger partial charge in [0.1, 0.15) is 12.4 Å². The Bertz CT molecular complexity index is 597. The molecule has 1 aromatic carbocycles. The van der Waals surface area contributed by atoms with Crippen LogP contribution in [0.5, 0.6) is 17.2 Å². The molecule has 0 atom stereocenters. The van der Waals surface area contributed by atoms with Gasteiger partial charge in [-0.05, 0) is 23.6 Å². The molecule has 0 unspecified atom stereocenters. The van der Waals surface area contributed by atoms with Gasteiger partial charge in [-0.15, -0.1) is 11.3 Å². The minimum Gasteiger partial charge on any atom is -0.492 e. The van der Waals surface area contributed by atoms with Crippen LogP contribution in [0.3, 0.4) is 0 Å². The van der Waals surface area contributed by atoms with Crippen LogP contribution in [0.15, 0.2) is 35.7 Å². The van der Waals surface area contributed by atoms with Gasteiger partial charge in [0, 0.05) is 6.07 Å². The standard InChI is InChI=1S/C14H13NO4S/c16-14(13-2-1-7-20-13)15-5-6-17-10-3-4-11-12(8-10)19-9-18-11/h1-4,7-8H,5-6,9H2,(H,15,16). The van der Waals surface area contributed by atoms with Gasteiger partial charge < -0.3 is 19.5 Å². The fraction of sp³-hybridized carbons (Fsp3) is 0.214. The Morgan fingerprint density at radius 2 is 2.20 bits per heavy atom. The van der Waals surface area contributed by atoms with Crippen molar-refractivity contribution in [2.75, 3.05) is 19.9 Å². The van der Waals surface area contributed by atoms with Gasteiger partial charge in [0.25, 0.3) is 5.91 Å². The van der Waals surface area contributed by atoms with E-state index in [9.17, 15) is 4.79 Å². The molecule has 1 aromatic heterocycles. The quantitative estimate of drug-likeness (QED) is 0.859. The number of ether oxygens (including phenoxy) is 3. The minimum absolute atomic E-state index is 0.0747. The second-order valence-corrected chi connectivity index (χ2v) is 5.04. The lowest BCUT2D eigenvalue weighted by Crippen LogP contribution is -2.27. The fourth-order valence-corrected chi connectivity index (χ4v) is 2.44. The van der Waals surface area contributed by atoms with Gasteiger partial charge in [-0.3, -0.25) is 4.79 Å². The summed E-state index contributed by atoms with van der Waals surface area (Å²) in [4.78, 5) is 12.4. The molecule has 0 fully saturated rings. The van der Waals surface area contributed by atoms with Crippen molar-refractivity contribution in [3.63, 3.8) is 0 Å². The summed E-state index contributed by atoms with van der Waals surface area (Å²) in [6.07, 6.45) is 0. The molecular weight excluding hydrogens is 278 g/mol. The smallest absolute Gasteiger partial charge is 0.261 e. The number of fused-ring (bicyclic) bond motifs is 1. The van der Waals surface area contributed by atoms with Crippen molar-refractivity contribution in [2.45, 2.75) is 0 Å². The monoisotopic (exact) mass is 291 g/mol. The zero-order valence-corrected chi connectivity index (χ0v) is 11.4. The Kier molecular flexibility index (Phi) is 3.73. The Morgan fingerprint density at radius 1 is 1.30 bits per heavy atom. The molecule has 3 rings (SSSR count). The molecule has 0 spiro atoms. The summed E-state index contributed by atoms with van der Waals surface area (Å²) in [5.74, 6) is 2.03. The Hall–Kier alpha value is -2.21. The fourth-order valence-electron chi connectivity index (χ4n) is 1.79. The van der Waals surface area contributed by atoms with Crippen molar-refractivity contribution in [1.82, 2.24) is 5.32 Å². The summed E-state index contributed by atoms with van der Waals surface area (Å²) in [5.41, 5.74) is 0. The molecule has 5 nitrogen and oxygen atoms in total. The molecule has 2 aromatic rings. The predicted octanol–water partition coefficient (Wildman–Crippen LogP) is 2.29. The minimum atomic E-state index is -0.0747. The highest BCUT2D eigenvalue weighted by Crippen LogP contribution is 2.34. The molecule has 0 saturated heterocycles. The van der Waals surface area contributed by atoms with Gasteiger partial charge in [0.15, 0.2) is 11.5 Å². The first kappa shape index (κ1) is 12.8. The van der Waals surface area contributed by atoms with Crippen molar-refractivity contribution < 1.29 is 19.0 Å². The van der Waals surface area contributed by atoms with Gasteiger partial charge in [0.05, 0.1) is 11.4 Å². The van der Waals surface area contributed by atoms with E-state index in [4.69, 9.17) is 14.2 Å². The first-order valence-corrected chi connectivity index (χ1v) is 7.05. The molecule has 1 N–H and O–H groups in total. The zero-order valence-electron chi connectivity index (χ0n) is 10.6. The summed E-state index contributed by atoms with van der Waals surface area (Å²) in [6, 6.07) is 9.04. The van der Waals surface area contributed by atoms with Crippen molar-refractivity contribution in [2.24, 2.45) is 0 Å². The van der Waals surface area contributed by atoms with Crippen molar-refractivity contribution in [3.8, 4) is 17.2 Å². The average molecular weight is 291 g/mol. The molecule has 0 aliphatic carbocycles. The van der Waals surface area contributed by atoms with E-state index in [2.05, 4.69) is 5.32 Å². The largest absolute Gasteiger partial charge is 0.492 e. The first-order valence-electron chi connectivity index (χ1n) is 6.17. The topological polar surface area (TPSA) is 56.8 Å². The highest BCUT2D eigenvalue weighted by atomic mass is 32.1. The number of amides is 1. The molecule has 6 heteroatoms. The Labute approximate surface area is 120 Å². The molecule has 20 heavy (non-hydrogen) atoms. The third-order valence-corrected chi connectivity index (χ3v) is 3.61. The van der Waals surface area contributed by atoms with Crippen LogP contribution in [-0.2, 0) is 0 Å². The number of benzene rings is 1. The summed E-state index contributed by atoms with van der Waals surface area (Å²) < 4.78 is 16.0. The number of thiophene rings is 1. The van der Waals surface area contributed by atoms with Crippen LogP contribution in [0.1, 0.15) is 9.67 Å². The van der Waals surface area contributed by atoms with Crippen LogP contribution >= 0.6 is 11.3 Å². The van der Waals surface area contributed by atoms with Crippen LogP contribution in [0.2, 0.25) is 0 Å². The van der Waals surface area contributed by atoms with Crippen LogP contribution in [0.25, 0.3) is 0 Å². The molecule has 104 valence electrons. The summed E-state index contributed by atoms with van der Waals surface area (Å²) in [5, 5.41) is 4.67. The van der Waals surface area contributed by atoms with Gasteiger partial charge in [-0.25, -0.2) is 0 Å². The van der Waals surface area contributed by atoms with Gasteiger partial charge in [0.2, 0.25) is 6.79 Å². The number of carbonyl (C=O) groups excluding carboxylic acids is 1. The summed E-state index contributed by atoms with van der Waals surface area (Å²) in [7, 11) is 0. The lowest BCUT2D eigenvalue weighted by atomic mass is 10.3. The summed E-state index contributed by atoms with van der Waals surface area (Å²) in [6.45, 7) is 1.09. The van der Waals surface area contributed by atoms with E-state index in [1.807, 2.05) is 23.6 Å². The Balaban J connectivity index is 1.45. The molecule has 1 amide bonds. The first-order chi connectivity index (χ1) is 9.83.